The van der Waals surface area contributed by atoms with Gasteiger partial charge < -0.3 is 15.7 Å². The van der Waals surface area contributed by atoms with Crippen molar-refractivity contribution in [3.05, 3.63) is 47.2 Å². The van der Waals surface area contributed by atoms with Crippen LogP contribution in [0.5, 0.6) is 0 Å². The topological polar surface area (TPSA) is 78.4 Å². The molecule has 3 N–H and O–H groups in total. The van der Waals surface area contributed by atoms with Gasteiger partial charge in [-0.1, -0.05) is 30.3 Å². The van der Waals surface area contributed by atoms with E-state index in [9.17, 15) is 14.7 Å². The van der Waals surface area contributed by atoms with Crippen LogP contribution in [0.3, 0.4) is 0 Å². The number of hydrogen-bond donors (Lipinski definition) is 3. The number of aliphatic hydroxyl groups is 1. The quantitative estimate of drug-likeness (QED) is 0.601. The summed E-state index contributed by atoms with van der Waals surface area (Å²) in [5.41, 5.74) is 1.05. The van der Waals surface area contributed by atoms with Crippen molar-refractivity contribution in [2.45, 2.75) is 11.0 Å². The molecule has 0 saturated carbocycles. The molecule has 1 aliphatic rings. The van der Waals surface area contributed by atoms with Crippen LogP contribution in [0, 0.1) is 0 Å². The molecular formula is C13H15HgN2O3. The van der Waals surface area contributed by atoms with Gasteiger partial charge in [-0.25, -0.2) is 0 Å². The van der Waals surface area contributed by atoms with Crippen LogP contribution in [0.15, 0.2) is 41.7 Å². The van der Waals surface area contributed by atoms with Crippen LogP contribution in [0.1, 0.15) is 5.56 Å². The van der Waals surface area contributed by atoms with Gasteiger partial charge in [0.15, 0.2) is 5.76 Å². The van der Waals surface area contributed by atoms with E-state index in [1.165, 1.54) is 0 Å². The van der Waals surface area contributed by atoms with Crippen molar-refractivity contribution in [1.29, 1.82) is 0 Å². The summed E-state index contributed by atoms with van der Waals surface area (Å²) in [4.78, 5) is 22.6. The molecule has 0 unspecified atom stereocenters. The molecule has 97 valence electrons. The van der Waals surface area contributed by atoms with Crippen LogP contribution in [0.25, 0.3) is 0 Å². The Bertz CT molecular complexity index is 486. The van der Waals surface area contributed by atoms with E-state index < -0.39 is 17.6 Å². The van der Waals surface area contributed by atoms with Crippen molar-refractivity contribution >= 4 is 11.8 Å². The minimum absolute atomic E-state index is 0.0747. The summed E-state index contributed by atoms with van der Waals surface area (Å²) in [5, 5.41) is 14.3. The van der Waals surface area contributed by atoms with Crippen molar-refractivity contribution in [1.82, 2.24) is 10.6 Å². The molecule has 2 amide bonds. The van der Waals surface area contributed by atoms with Gasteiger partial charge in [0.25, 0.3) is 11.8 Å². The van der Waals surface area contributed by atoms with Crippen LogP contribution in [-0.2, 0) is 42.3 Å². The van der Waals surface area contributed by atoms with Crippen molar-refractivity contribution in [3.8, 4) is 0 Å². The Balaban J connectivity index is 0.000000861. The van der Waals surface area contributed by atoms with Gasteiger partial charge in [-0.05, 0) is 5.56 Å². The fourth-order valence-corrected chi connectivity index (χ4v) is 1.55. The summed E-state index contributed by atoms with van der Waals surface area (Å²) in [5.74, 6) is -1.52. The average molecular weight is 448 g/mol. The summed E-state index contributed by atoms with van der Waals surface area (Å²) >= 11 is 1.03. The normalized spacial score (nSPS) is 13.5. The number of amides is 2. The first kappa shape index (κ1) is 15.7. The fraction of sp³-hybridized carbons (Fsp3) is 0.231. The molecule has 0 bridgehead atoms. The van der Waals surface area contributed by atoms with E-state index in [-0.39, 0.29) is 12.1 Å². The van der Waals surface area contributed by atoms with Crippen molar-refractivity contribution in [2.24, 2.45) is 0 Å². The summed E-state index contributed by atoms with van der Waals surface area (Å²) in [7, 11) is 0. The Hall–Kier alpha value is -1.36. The number of carbonyl (C=O) groups is 2. The first-order chi connectivity index (χ1) is 9.18. The second-order valence-corrected chi connectivity index (χ2v) is 3.68. The fourth-order valence-electron chi connectivity index (χ4n) is 1.55. The molecular weight excluding hydrogens is 433 g/mol. The van der Waals surface area contributed by atoms with Crippen LogP contribution in [0.2, 0.25) is 4.43 Å². The Morgan fingerprint density at radius 3 is 2.53 bits per heavy atom. The van der Waals surface area contributed by atoms with Gasteiger partial charge in [0, 0.05) is 6.54 Å². The summed E-state index contributed by atoms with van der Waals surface area (Å²) in [6.07, 6.45) is 0. The Kier molecular flexibility index (Phi) is 6.56. The zero-order chi connectivity index (χ0) is 14.3. The molecule has 0 saturated heterocycles. The summed E-state index contributed by atoms with van der Waals surface area (Å²) in [6, 6.07) is 9.40. The number of hydrogen-bond acceptors (Lipinski definition) is 3. The molecule has 1 aromatic carbocycles. The SMILES string of the molecule is O=C1NCC(C(=O)NCc2ccccc2)=C1O.[CH3][Hg]. The van der Waals surface area contributed by atoms with Crippen LogP contribution >= 0.6 is 0 Å². The predicted octanol–water partition coefficient (Wildman–Crippen LogP) is 0.826. The Morgan fingerprint density at radius 1 is 1.37 bits per heavy atom. The van der Waals surface area contributed by atoms with E-state index in [1.54, 1.807) is 0 Å². The monoisotopic (exact) mass is 449 g/mol. The summed E-state index contributed by atoms with van der Waals surface area (Å²) < 4.78 is 2.19. The van der Waals surface area contributed by atoms with Crippen LogP contribution in [0.4, 0.5) is 0 Å². The molecule has 1 heterocycles. The first-order valence-electron chi connectivity index (χ1n) is 5.91. The summed E-state index contributed by atoms with van der Waals surface area (Å²) in [6.45, 7) is 0.440. The van der Waals surface area contributed by atoms with Gasteiger partial charge in [0.05, 0.1) is 12.1 Å². The van der Waals surface area contributed by atoms with Crippen molar-refractivity contribution < 1.29 is 40.8 Å². The van der Waals surface area contributed by atoms with E-state index in [2.05, 4.69) is 15.1 Å². The molecule has 0 atom stereocenters. The second-order valence-electron chi connectivity index (χ2n) is 3.68. The zero-order valence-electron chi connectivity index (χ0n) is 10.8. The van der Waals surface area contributed by atoms with Gasteiger partial charge in [0.2, 0.25) is 0 Å². The number of nitrogens with one attached hydrogen (secondary N) is 2. The van der Waals surface area contributed by atoms with Crippen LogP contribution in [-0.4, -0.2) is 23.5 Å². The standard InChI is InChI=1S/C12H12N2O3.CH3.Hg/c15-10-9(7-14-12(10)17)11(16)13-6-8-4-2-1-3-5-8;;/h1-5,15H,6-7H2,(H,13,16)(H,14,17);1H3;. The van der Waals surface area contributed by atoms with Gasteiger partial charge in [-0.2, -0.15) is 0 Å². The maximum absolute atomic E-state index is 11.7. The number of carbonyl (C=O) groups excluding carboxylic acids is 2. The van der Waals surface area contributed by atoms with E-state index in [1.807, 2.05) is 30.3 Å². The van der Waals surface area contributed by atoms with Gasteiger partial charge in [-0.15, -0.1) is 0 Å². The number of benzene rings is 1. The minimum atomic E-state index is -0.602. The van der Waals surface area contributed by atoms with E-state index in [0.717, 1.165) is 31.7 Å². The molecule has 0 aromatic heterocycles. The molecule has 0 fully saturated rings. The predicted molar refractivity (Wildman–Crippen MR) is 66.8 cm³/mol. The molecule has 0 radical (unpaired) electrons. The van der Waals surface area contributed by atoms with Gasteiger partial charge >= 0.3 is 30.6 Å². The number of aliphatic hydroxyl groups excluding tert-OH is 1. The molecule has 0 aliphatic carbocycles. The van der Waals surface area contributed by atoms with Crippen molar-refractivity contribution in [3.63, 3.8) is 0 Å². The second kappa shape index (κ2) is 7.94. The average Bonchev–Trinajstić information content (AvgIpc) is 2.80. The van der Waals surface area contributed by atoms with E-state index >= 15 is 0 Å². The molecule has 5 nitrogen and oxygen atoms in total. The third kappa shape index (κ3) is 4.35. The van der Waals surface area contributed by atoms with Crippen LogP contribution < -0.4 is 10.6 Å². The van der Waals surface area contributed by atoms with E-state index in [4.69, 9.17) is 0 Å². The van der Waals surface area contributed by atoms with Crippen molar-refractivity contribution in [2.75, 3.05) is 6.54 Å². The van der Waals surface area contributed by atoms with Gasteiger partial charge in [0.1, 0.15) is 0 Å². The van der Waals surface area contributed by atoms with Gasteiger partial charge in [-0.3, -0.25) is 9.59 Å². The molecule has 2 rings (SSSR count). The molecule has 6 heteroatoms. The molecule has 19 heavy (non-hydrogen) atoms. The Morgan fingerprint density at radius 2 is 2.00 bits per heavy atom. The third-order valence-electron chi connectivity index (χ3n) is 2.50. The Labute approximate surface area is 128 Å². The van der Waals surface area contributed by atoms with E-state index in [0.29, 0.717) is 6.54 Å². The number of rotatable bonds is 3. The molecule has 0 spiro atoms. The molecule has 1 aromatic rings. The first-order valence-corrected chi connectivity index (χ1v) is 11.4. The zero-order valence-corrected chi connectivity index (χ0v) is 16.3. The molecule has 1 aliphatic heterocycles. The maximum atomic E-state index is 11.7. The third-order valence-corrected chi connectivity index (χ3v) is 2.50.